The number of H-pyrrole nitrogens is 1. The van der Waals surface area contributed by atoms with E-state index in [-0.39, 0.29) is 17.6 Å². The van der Waals surface area contributed by atoms with Crippen molar-refractivity contribution in [3.8, 4) is 17.1 Å². The summed E-state index contributed by atoms with van der Waals surface area (Å²) in [5.41, 5.74) is -0.0837. The van der Waals surface area contributed by atoms with Gasteiger partial charge >= 0.3 is 5.76 Å². The van der Waals surface area contributed by atoms with Gasteiger partial charge in [0.15, 0.2) is 11.4 Å². The predicted molar refractivity (Wildman–Crippen MR) is 112 cm³/mol. The molecule has 0 radical (unpaired) electrons. The van der Waals surface area contributed by atoms with Crippen molar-refractivity contribution in [2.45, 2.75) is 38.2 Å². The number of aromatic nitrogens is 2. The molecule has 0 unspecified atom stereocenters. The molecule has 32 heavy (non-hydrogen) atoms. The number of ether oxygens (including phenoxy) is 1. The molecule has 7 nitrogen and oxygen atoms in total. The fraction of sp³-hybridized carbons (Fsp3) is 0.348. The van der Waals surface area contributed by atoms with Crippen molar-refractivity contribution in [3.63, 3.8) is 0 Å². The van der Waals surface area contributed by atoms with Gasteiger partial charge in [-0.1, -0.05) is 23.4 Å². The summed E-state index contributed by atoms with van der Waals surface area (Å²) in [6.45, 7) is 4.28. The second-order valence-electron chi connectivity index (χ2n) is 8.32. The number of carbonyl (C=O) groups is 1. The minimum Gasteiger partial charge on any atom is -0.478 e. The number of hydrogen-bond donors (Lipinski definition) is 1. The normalized spacial score (nSPS) is 15.1. The topological polar surface area (TPSA) is 88.4 Å². The van der Waals surface area contributed by atoms with Crippen molar-refractivity contribution in [2.75, 3.05) is 13.1 Å². The molecule has 1 N–H and O–H groups in total. The summed E-state index contributed by atoms with van der Waals surface area (Å²) in [6.07, 6.45) is 1.17. The molecule has 1 amide bonds. The molecule has 9 heteroatoms. The molecule has 0 bridgehead atoms. The van der Waals surface area contributed by atoms with Crippen LogP contribution in [0.1, 0.15) is 38.2 Å². The van der Waals surface area contributed by atoms with Crippen LogP contribution >= 0.6 is 0 Å². The van der Waals surface area contributed by atoms with Crippen molar-refractivity contribution in [2.24, 2.45) is 0 Å². The zero-order chi connectivity index (χ0) is 22.9. The van der Waals surface area contributed by atoms with Gasteiger partial charge in [0.1, 0.15) is 17.4 Å². The zero-order valence-electron chi connectivity index (χ0n) is 17.7. The number of amides is 1. The minimum absolute atomic E-state index is 0.0648. The molecule has 1 saturated heterocycles. The number of nitrogens with one attached hydrogen (secondary N) is 1. The smallest absolute Gasteiger partial charge is 0.439 e. The zero-order valence-corrected chi connectivity index (χ0v) is 17.7. The van der Waals surface area contributed by atoms with Crippen LogP contribution in [0.25, 0.3) is 11.4 Å². The predicted octanol–water partition coefficient (Wildman–Crippen LogP) is 3.87. The summed E-state index contributed by atoms with van der Waals surface area (Å²) in [4.78, 5) is 28.5. The summed E-state index contributed by atoms with van der Waals surface area (Å²) in [5, 5.41) is 3.65. The number of carbonyl (C=O) groups excluding carboxylic acids is 1. The van der Waals surface area contributed by atoms with E-state index in [4.69, 9.17) is 4.74 Å². The summed E-state index contributed by atoms with van der Waals surface area (Å²) in [7, 11) is 0. The molecule has 1 aliphatic rings. The summed E-state index contributed by atoms with van der Waals surface area (Å²) in [5.74, 6) is -1.36. The van der Waals surface area contributed by atoms with Gasteiger partial charge in [-0.2, -0.15) is 0 Å². The SMILES string of the molecule is CC(C)(Oc1cccc(-c2noc(=O)[nH]2)c1)C(=O)N1CCC(c2ccc(F)cc2F)CC1. The van der Waals surface area contributed by atoms with E-state index >= 15 is 0 Å². The van der Waals surface area contributed by atoms with Crippen LogP contribution in [0, 0.1) is 11.6 Å². The monoisotopic (exact) mass is 443 g/mol. The van der Waals surface area contributed by atoms with E-state index in [1.54, 1.807) is 43.0 Å². The van der Waals surface area contributed by atoms with Crippen LogP contribution in [0.4, 0.5) is 8.78 Å². The Morgan fingerprint density at radius 1 is 1.19 bits per heavy atom. The largest absolute Gasteiger partial charge is 0.478 e. The van der Waals surface area contributed by atoms with E-state index in [1.807, 2.05) is 0 Å². The Balaban J connectivity index is 1.41. The van der Waals surface area contributed by atoms with Crippen LogP contribution in [0.5, 0.6) is 5.75 Å². The van der Waals surface area contributed by atoms with Crippen molar-refractivity contribution in [1.82, 2.24) is 15.0 Å². The molecule has 1 aromatic heterocycles. The Labute approximate surface area is 183 Å². The Bertz CT molecular complexity index is 1180. The third-order valence-electron chi connectivity index (χ3n) is 5.62. The van der Waals surface area contributed by atoms with E-state index in [0.29, 0.717) is 42.8 Å². The van der Waals surface area contributed by atoms with Crippen LogP contribution in [0.3, 0.4) is 0 Å². The van der Waals surface area contributed by atoms with Gasteiger partial charge < -0.3 is 9.64 Å². The van der Waals surface area contributed by atoms with E-state index in [1.165, 1.54) is 12.1 Å². The van der Waals surface area contributed by atoms with Gasteiger partial charge in [0.25, 0.3) is 5.91 Å². The fourth-order valence-electron chi connectivity index (χ4n) is 4.01. The van der Waals surface area contributed by atoms with E-state index in [9.17, 15) is 18.4 Å². The highest BCUT2D eigenvalue weighted by molar-refractivity contribution is 5.85. The number of nitrogens with zero attached hydrogens (tertiary/aromatic N) is 2. The lowest BCUT2D eigenvalue weighted by molar-refractivity contribution is -0.146. The van der Waals surface area contributed by atoms with Gasteiger partial charge in [-0.25, -0.2) is 13.6 Å². The summed E-state index contributed by atoms with van der Waals surface area (Å²) >= 11 is 0. The van der Waals surface area contributed by atoms with E-state index in [0.717, 1.165) is 6.07 Å². The van der Waals surface area contributed by atoms with Crippen molar-refractivity contribution >= 4 is 5.91 Å². The third-order valence-corrected chi connectivity index (χ3v) is 5.62. The molecule has 0 atom stereocenters. The fourth-order valence-corrected chi connectivity index (χ4v) is 4.01. The van der Waals surface area contributed by atoms with Gasteiger partial charge in [0.05, 0.1) is 0 Å². The van der Waals surface area contributed by atoms with E-state index < -0.39 is 23.0 Å². The lowest BCUT2D eigenvalue weighted by Crippen LogP contribution is -2.51. The number of likely N-dealkylation sites (tertiary alicyclic amines) is 1. The van der Waals surface area contributed by atoms with Crippen molar-refractivity contribution in [3.05, 3.63) is 70.2 Å². The molecule has 168 valence electrons. The first-order valence-corrected chi connectivity index (χ1v) is 10.3. The molecule has 1 aliphatic heterocycles. The maximum Gasteiger partial charge on any atom is 0.439 e. The van der Waals surface area contributed by atoms with Crippen LogP contribution in [0.15, 0.2) is 51.8 Å². The molecule has 1 fully saturated rings. The highest BCUT2D eigenvalue weighted by atomic mass is 19.1. The van der Waals surface area contributed by atoms with Crippen LogP contribution in [0.2, 0.25) is 0 Å². The highest BCUT2D eigenvalue weighted by Crippen LogP contribution is 2.32. The van der Waals surface area contributed by atoms with Crippen molar-refractivity contribution in [1.29, 1.82) is 0 Å². The van der Waals surface area contributed by atoms with Crippen molar-refractivity contribution < 1.29 is 22.8 Å². The maximum absolute atomic E-state index is 14.1. The average molecular weight is 443 g/mol. The third kappa shape index (κ3) is 4.56. The number of rotatable bonds is 5. The van der Waals surface area contributed by atoms with Gasteiger partial charge in [-0.3, -0.25) is 14.3 Å². The Morgan fingerprint density at radius 2 is 1.94 bits per heavy atom. The second kappa shape index (κ2) is 8.57. The first-order chi connectivity index (χ1) is 15.2. The maximum atomic E-state index is 14.1. The molecule has 0 spiro atoms. The molecule has 0 saturated carbocycles. The molecule has 0 aliphatic carbocycles. The minimum atomic E-state index is -1.15. The molecule has 2 heterocycles. The first-order valence-electron chi connectivity index (χ1n) is 10.3. The number of benzene rings is 2. The highest BCUT2D eigenvalue weighted by Gasteiger charge is 2.36. The van der Waals surface area contributed by atoms with Gasteiger partial charge in [0, 0.05) is 24.7 Å². The summed E-state index contributed by atoms with van der Waals surface area (Å²) < 4.78 is 37.8. The number of aromatic amines is 1. The number of halogens is 2. The number of piperidine rings is 1. The molecular formula is C23H23F2N3O4. The lowest BCUT2D eigenvalue weighted by Gasteiger charge is -2.37. The van der Waals surface area contributed by atoms with Gasteiger partial charge in [-0.05, 0) is 56.4 Å². The Hall–Kier alpha value is -3.49. The van der Waals surface area contributed by atoms with Crippen LogP contribution in [-0.2, 0) is 4.79 Å². The molecular weight excluding hydrogens is 420 g/mol. The average Bonchev–Trinajstić information content (AvgIpc) is 3.20. The molecule has 3 aromatic rings. The number of hydrogen-bond acceptors (Lipinski definition) is 5. The first kappa shape index (κ1) is 21.7. The van der Waals surface area contributed by atoms with Gasteiger partial charge in [-0.15, -0.1) is 0 Å². The Kier molecular flexibility index (Phi) is 5.82. The second-order valence-corrected chi connectivity index (χ2v) is 8.32. The molecule has 4 rings (SSSR count). The Morgan fingerprint density at radius 3 is 2.59 bits per heavy atom. The van der Waals surface area contributed by atoms with Crippen LogP contribution in [-0.4, -0.2) is 39.6 Å². The van der Waals surface area contributed by atoms with E-state index in [2.05, 4.69) is 14.7 Å². The molecule has 2 aromatic carbocycles. The standard InChI is InChI=1S/C23H23F2N3O4/c1-23(2,31-17-5-3-4-15(12-17)20-26-22(30)32-27-20)21(29)28-10-8-14(9-11-28)18-7-6-16(24)13-19(18)25/h3-7,12-14H,8-11H2,1-2H3,(H,26,27,30). The quantitative estimate of drug-likeness (QED) is 0.647. The van der Waals surface area contributed by atoms with Gasteiger partial charge in [0.2, 0.25) is 0 Å². The lowest BCUT2D eigenvalue weighted by atomic mass is 9.88. The summed E-state index contributed by atoms with van der Waals surface area (Å²) in [6, 6.07) is 10.5. The van der Waals surface area contributed by atoms with Crippen LogP contribution < -0.4 is 10.5 Å².